The lowest BCUT2D eigenvalue weighted by Gasteiger charge is -2.12. The number of rotatable bonds is 6. The van der Waals surface area contributed by atoms with Crippen molar-refractivity contribution < 1.29 is 14.3 Å². The smallest absolute Gasteiger partial charge is 0.328 e. The van der Waals surface area contributed by atoms with Gasteiger partial charge in [-0.2, -0.15) is 0 Å². The van der Waals surface area contributed by atoms with E-state index in [9.17, 15) is 19.2 Å². The van der Waals surface area contributed by atoms with Gasteiger partial charge in [0.15, 0.2) is 0 Å². The molecule has 0 aliphatic heterocycles. The third kappa shape index (κ3) is 4.61. The van der Waals surface area contributed by atoms with Crippen LogP contribution in [0.4, 0.5) is 11.4 Å². The Labute approximate surface area is 169 Å². The monoisotopic (exact) mass is 414 g/mol. The maximum atomic E-state index is 12.7. The van der Waals surface area contributed by atoms with Crippen molar-refractivity contribution in [3.05, 3.63) is 73.2 Å². The second-order valence-corrected chi connectivity index (χ2v) is 7.06. The van der Waals surface area contributed by atoms with Crippen LogP contribution < -0.4 is 26.6 Å². The summed E-state index contributed by atoms with van der Waals surface area (Å²) in [5.74, 6) is -0.648. The van der Waals surface area contributed by atoms with Crippen molar-refractivity contribution in [2.75, 3.05) is 17.7 Å². The number of aromatic amines is 1. The Morgan fingerprint density at radius 1 is 1.21 bits per heavy atom. The molecular weight excluding hydrogens is 396 g/mol. The summed E-state index contributed by atoms with van der Waals surface area (Å²) >= 11 is 1.40. The predicted molar refractivity (Wildman–Crippen MR) is 110 cm³/mol. The molecule has 0 atom stereocenters. The molecule has 9 nitrogen and oxygen atoms in total. The van der Waals surface area contributed by atoms with E-state index in [1.165, 1.54) is 31.4 Å². The van der Waals surface area contributed by atoms with E-state index in [0.29, 0.717) is 11.4 Å². The lowest BCUT2D eigenvalue weighted by Crippen LogP contribution is -2.39. The molecule has 3 rings (SSSR count). The Morgan fingerprint density at radius 2 is 2.00 bits per heavy atom. The zero-order valence-electron chi connectivity index (χ0n) is 15.6. The molecule has 0 unspecified atom stereocenters. The molecule has 0 radical (unpaired) electrons. The van der Waals surface area contributed by atoms with Crippen LogP contribution in [-0.4, -0.2) is 28.5 Å². The van der Waals surface area contributed by atoms with E-state index in [1.54, 1.807) is 18.2 Å². The Morgan fingerprint density at radius 3 is 2.66 bits per heavy atom. The van der Waals surface area contributed by atoms with Crippen LogP contribution in [0.2, 0.25) is 0 Å². The zero-order valence-corrected chi connectivity index (χ0v) is 16.5. The molecule has 0 aliphatic carbocycles. The highest BCUT2D eigenvalue weighted by atomic mass is 32.1. The molecule has 10 heteroatoms. The first-order chi connectivity index (χ1) is 13.9. The number of methoxy groups -OCH3 is 1. The Kier molecular flexibility index (Phi) is 5.93. The van der Waals surface area contributed by atoms with Gasteiger partial charge in [0.05, 0.1) is 19.3 Å². The van der Waals surface area contributed by atoms with Crippen molar-refractivity contribution >= 4 is 34.5 Å². The van der Waals surface area contributed by atoms with Gasteiger partial charge in [0.25, 0.3) is 11.5 Å². The Bertz CT molecular complexity index is 1160. The highest BCUT2D eigenvalue weighted by molar-refractivity contribution is 7.09. The van der Waals surface area contributed by atoms with Gasteiger partial charge in [-0.1, -0.05) is 6.07 Å². The van der Waals surface area contributed by atoms with Crippen LogP contribution in [0.1, 0.15) is 22.2 Å². The molecule has 29 heavy (non-hydrogen) atoms. The number of amides is 2. The summed E-state index contributed by atoms with van der Waals surface area (Å²) < 4.78 is 6.18. The minimum atomic E-state index is -0.718. The first-order valence-corrected chi connectivity index (χ1v) is 9.39. The number of carbonyl (C=O) groups excluding carboxylic acids is 2. The fourth-order valence-electron chi connectivity index (χ4n) is 2.65. The highest BCUT2D eigenvalue weighted by Gasteiger charge is 2.17. The van der Waals surface area contributed by atoms with Crippen molar-refractivity contribution in [1.29, 1.82) is 0 Å². The molecule has 150 valence electrons. The van der Waals surface area contributed by atoms with Crippen LogP contribution in [0.3, 0.4) is 0 Å². The molecule has 2 aromatic heterocycles. The molecular formula is C19H18N4O5S. The summed E-state index contributed by atoms with van der Waals surface area (Å²) in [6, 6.07) is 8.30. The molecule has 0 saturated carbocycles. The average molecular weight is 414 g/mol. The van der Waals surface area contributed by atoms with Crippen LogP contribution in [-0.2, 0) is 11.3 Å². The molecule has 2 heterocycles. The van der Waals surface area contributed by atoms with Crippen LogP contribution in [0.25, 0.3) is 0 Å². The van der Waals surface area contributed by atoms with Gasteiger partial charge in [-0.05, 0) is 29.6 Å². The van der Waals surface area contributed by atoms with E-state index in [0.717, 1.165) is 15.6 Å². The SMILES string of the molecule is COc1ccc(NC(C)=O)cc1NC(=O)c1c[nH]c(=O)n(Cc2cccs2)c1=O. The van der Waals surface area contributed by atoms with Crippen LogP contribution in [0.15, 0.2) is 51.5 Å². The van der Waals surface area contributed by atoms with Crippen LogP contribution in [0, 0.1) is 0 Å². The second kappa shape index (κ2) is 8.57. The number of carbonyl (C=O) groups is 2. The van der Waals surface area contributed by atoms with Gasteiger partial charge >= 0.3 is 5.69 Å². The maximum Gasteiger partial charge on any atom is 0.328 e. The predicted octanol–water partition coefficient (Wildman–Crippen LogP) is 1.87. The zero-order chi connectivity index (χ0) is 21.0. The minimum Gasteiger partial charge on any atom is -0.495 e. The standard InChI is InChI=1S/C19H18N4O5S/c1-11(24)21-12-5-6-16(28-2)15(8-12)22-17(25)14-9-20-19(27)23(18(14)26)10-13-4-3-7-29-13/h3-9H,10H2,1-2H3,(H,20,27)(H,21,24)(H,22,25). The molecule has 0 aliphatic rings. The molecule has 0 fully saturated rings. The number of benzene rings is 1. The first-order valence-electron chi connectivity index (χ1n) is 8.51. The molecule has 3 aromatic rings. The summed E-state index contributed by atoms with van der Waals surface area (Å²) in [4.78, 5) is 52.0. The number of nitrogens with zero attached hydrogens (tertiary/aromatic N) is 1. The van der Waals surface area contributed by atoms with Crippen LogP contribution >= 0.6 is 11.3 Å². The van der Waals surface area contributed by atoms with E-state index >= 15 is 0 Å². The highest BCUT2D eigenvalue weighted by Crippen LogP contribution is 2.28. The number of H-pyrrole nitrogens is 1. The minimum absolute atomic E-state index is 0.0638. The van der Waals surface area contributed by atoms with Crippen molar-refractivity contribution in [2.45, 2.75) is 13.5 Å². The number of anilines is 2. The van der Waals surface area contributed by atoms with E-state index in [1.807, 2.05) is 11.4 Å². The van der Waals surface area contributed by atoms with Crippen molar-refractivity contribution in [3.8, 4) is 5.75 Å². The lowest BCUT2D eigenvalue weighted by molar-refractivity contribution is -0.114. The first kappa shape index (κ1) is 20.1. The summed E-state index contributed by atoms with van der Waals surface area (Å²) in [5, 5.41) is 7.03. The van der Waals surface area contributed by atoms with Gasteiger partial charge < -0.3 is 20.4 Å². The molecule has 0 saturated heterocycles. The van der Waals surface area contributed by atoms with Crippen molar-refractivity contribution in [1.82, 2.24) is 9.55 Å². The van der Waals surface area contributed by atoms with Gasteiger partial charge in [-0.25, -0.2) is 4.79 Å². The molecule has 1 aromatic carbocycles. The lowest BCUT2D eigenvalue weighted by atomic mass is 10.2. The quantitative estimate of drug-likeness (QED) is 0.568. The molecule has 0 bridgehead atoms. The van der Waals surface area contributed by atoms with E-state index in [-0.39, 0.29) is 23.7 Å². The van der Waals surface area contributed by atoms with Gasteiger partial charge in [0.1, 0.15) is 11.3 Å². The number of hydrogen-bond acceptors (Lipinski definition) is 6. The summed E-state index contributed by atoms with van der Waals surface area (Å²) in [6.45, 7) is 1.42. The van der Waals surface area contributed by atoms with Gasteiger partial charge in [0.2, 0.25) is 5.91 Å². The van der Waals surface area contributed by atoms with E-state index < -0.39 is 17.2 Å². The number of hydrogen-bond donors (Lipinski definition) is 3. The normalized spacial score (nSPS) is 10.4. The van der Waals surface area contributed by atoms with Gasteiger partial charge in [0, 0.05) is 23.7 Å². The van der Waals surface area contributed by atoms with Crippen molar-refractivity contribution in [3.63, 3.8) is 0 Å². The van der Waals surface area contributed by atoms with Gasteiger partial charge in [-0.3, -0.25) is 19.0 Å². The number of thiophene rings is 1. The third-order valence-electron chi connectivity index (χ3n) is 3.97. The fraction of sp³-hybridized carbons (Fsp3) is 0.158. The topological polar surface area (TPSA) is 122 Å². The second-order valence-electron chi connectivity index (χ2n) is 6.03. The number of nitrogens with one attached hydrogen (secondary N) is 3. The van der Waals surface area contributed by atoms with E-state index in [2.05, 4.69) is 15.6 Å². The van der Waals surface area contributed by atoms with Crippen LogP contribution in [0.5, 0.6) is 5.75 Å². The Hall–Kier alpha value is -3.66. The summed E-state index contributed by atoms with van der Waals surface area (Å²) in [7, 11) is 1.43. The summed E-state index contributed by atoms with van der Waals surface area (Å²) in [6.07, 6.45) is 1.08. The maximum absolute atomic E-state index is 12.7. The average Bonchev–Trinajstić information content (AvgIpc) is 3.18. The third-order valence-corrected chi connectivity index (χ3v) is 4.83. The molecule has 2 amide bonds. The largest absolute Gasteiger partial charge is 0.495 e. The summed E-state index contributed by atoms with van der Waals surface area (Å²) in [5.41, 5.74) is -0.834. The fourth-order valence-corrected chi connectivity index (χ4v) is 3.34. The van der Waals surface area contributed by atoms with E-state index in [4.69, 9.17) is 4.74 Å². The van der Waals surface area contributed by atoms with Gasteiger partial charge in [-0.15, -0.1) is 11.3 Å². The number of aromatic nitrogens is 2. The molecule has 3 N–H and O–H groups in total. The molecule has 0 spiro atoms. The van der Waals surface area contributed by atoms with Crippen molar-refractivity contribution in [2.24, 2.45) is 0 Å². The number of ether oxygens (including phenoxy) is 1. The Balaban J connectivity index is 1.92.